The third-order valence-corrected chi connectivity index (χ3v) is 6.49. The van der Waals surface area contributed by atoms with Crippen molar-refractivity contribution in [3.05, 3.63) is 41.9 Å². The van der Waals surface area contributed by atoms with Gasteiger partial charge in [0.1, 0.15) is 6.61 Å². The number of aromatic nitrogens is 4. The molecule has 3 aromatic rings. The van der Waals surface area contributed by atoms with E-state index in [-0.39, 0.29) is 12.1 Å². The van der Waals surface area contributed by atoms with Gasteiger partial charge in [-0.15, -0.1) is 0 Å². The number of carbonyl (C=O) groups excluding carboxylic acids is 1. The Morgan fingerprint density at radius 1 is 1.24 bits per heavy atom. The summed E-state index contributed by atoms with van der Waals surface area (Å²) in [4.78, 5) is 26.6. The maximum absolute atomic E-state index is 13.3. The molecular weight excluding hydrogens is 441 g/mol. The van der Waals surface area contributed by atoms with Crippen molar-refractivity contribution in [2.75, 3.05) is 56.7 Å². The highest BCUT2D eigenvalue weighted by Crippen LogP contribution is 2.45. The van der Waals surface area contributed by atoms with Gasteiger partial charge in [0.25, 0.3) is 5.91 Å². The highest BCUT2D eigenvalue weighted by Gasteiger charge is 2.35. The third-order valence-electron chi connectivity index (χ3n) is 6.49. The Balaban J connectivity index is 1.48. The average molecular weight is 468 g/mol. The summed E-state index contributed by atoms with van der Waals surface area (Å²) in [6.07, 6.45) is 1.83. The molecule has 2 aliphatic heterocycles. The molecule has 1 aromatic carbocycles. The molecule has 178 valence electrons. The number of aromatic amines is 1. The zero-order valence-corrected chi connectivity index (χ0v) is 19.3. The van der Waals surface area contributed by atoms with E-state index in [2.05, 4.69) is 44.6 Å². The molecule has 0 bridgehead atoms. The first-order chi connectivity index (χ1) is 16.4. The predicted octanol–water partition coefficient (Wildman–Crippen LogP) is 2.37. The van der Waals surface area contributed by atoms with Crippen LogP contribution in [0.4, 0.5) is 16.0 Å². The lowest BCUT2D eigenvalue weighted by molar-refractivity contribution is -0.128. The van der Waals surface area contributed by atoms with Gasteiger partial charge in [-0.1, -0.05) is 12.6 Å². The van der Waals surface area contributed by atoms with Crippen molar-refractivity contribution < 1.29 is 18.7 Å². The van der Waals surface area contributed by atoms with Crippen molar-refractivity contribution in [2.45, 2.75) is 13.0 Å². The molecule has 0 aliphatic carbocycles. The molecule has 5 rings (SSSR count). The second-order valence-electron chi connectivity index (χ2n) is 8.44. The van der Waals surface area contributed by atoms with Crippen LogP contribution < -0.4 is 19.3 Å². The van der Waals surface area contributed by atoms with Crippen LogP contribution in [0, 0.1) is 6.92 Å². The first-order valence-electron chi connectivity index (χ1n) is 11.0. The van der Waals surface area contributed by atoms with Gasteiger partial charge in [0.05, 0.1) is 24.9 Å². The number of aryl methyl sites for hydroxylation is 1. The molecule has 1 unspecified atom stereocenters. The van der Waals surface area contributed by atoms with Gasteiger partial charge >= 0.3 is 6.01 Å². The summed E-state index contributed by atoms with van der Waals surface area (Å²) < 4.78 is 25.0. The van der Waals surface area contributed by atoms with E-state index in [0.29, 0.717) is 50.2 Å². The lowest BCUT2D eigenvalue weighted by atomic mass is 9.96. The Morgan fingerprint density at radius 3 is 2.68 bits per heavy atom. The van der Waals surface area contributed by atoms with E-state index in [1.165, 1.54) is 12.0 Å². The third kappa shape index (κ3) is 3.57. The second kappa shape index (κ2) is 8.47. The number of nitrogens with one attached hydrogen (secondary N) is 1. The standard InChI is InChI=1S/C23H26FN7O3/c1-13-5-6-16-15(11-25-28-16)18(13)17-12-34-19-20(29(17)3)26-23(33-4)27-21(19)30-7-9-31(10-8-30)22(32)14(2)24/h5-6,11,17H,2,7-10,12H2,1,3-4H3,(H,25,28). The molecule has 10 nitrogen and oxygen atoms in total. The Hall–Kier alpha value is -3.89. The molecule has 1 atom stereocenters. The summed E-state index contributed by atoms with van der Waals surface area (Å²) in [5, 5.41) is 8.28. The summed E-state index contributed by atoms with van der Waals surface area (Å²) in [5.41, 5.74) is 3.22. The minimum atomic E-state index is -0.950. The zero-order valence-electron chi connectivity index (χ0n) is 19.3. The number of carbonyl (C=O) groups is 1. The zero-order chi connectivity index (χ0) is 24.0. The summed E-state index contributed by atoms with van der Waals surface area (Å²) in [7, 11) is 3.50. The monoisotopic (exact) mass is 467 g/mol. The van der Waals surface area contributed by atoms with Crippen molar-refractivity contribution in [3.63, 3.8) is 0 Å². The molecule has 2 aliphatic rings. The number of hydrogen-bond donors (Lipinski definition) is 1. The van der Waals surface area contributed by atoms with E-state index in [4.69, 9.17) is 9.47 Å². The molecule has 1 amide bonds. The Labute approximate surface area is 196 Å². The number of rotatable bonds is 4. The van der Waals surface area contributed by atoms with E-state index < -0.39 is 11.7 Å². The van der Waals surface area contributed by atoms with E-state index >= 15 is 0 Å². The smallest absolute Gasteiger partial charge is 0.320 e. The Morgan fingerprint density at radius 2 is 1.97 bits per heavy atom. The number of ether oxygens (including phenoxy) is 2. The van der Waals surface area contributed by atoms with Gasteiger partial charge in [-0.3, -0.25) is 9.89 Å². The average Bonchev–Trinajstić information content (AvgIpc) is 3.33. The number of benzene rings is 1. The van der Waals surface area contributed by atoms with Crippen LogP contribution >= 0.6 is 0 Å². The lowest BCUT2D eigenvalue weighted by Gasteiger charge is -2.39. The molecule has 4 heterocycles. The normalized spacial score (nSPS) is 18.0. The summed E-state index contributed by atoms with van der Waals surface area (Å²) in [5.74, 6) is 0.148. The molecule has 1 fully saturated rings. The maximum atomic E-state index is 13.3. The number of halogens is 1. The minimum Gasteiger partial charge on any atom is -0.484 e. The van der Waals surface area contributed by atoms with Crippen LogP contribution in [0.25, 0.3) is 10.9 Å². The minimum absolute atomic E-state index is 0.0914. The summed E-state index contributed by atoms with van der Waals surface area (Å²) in [6, 6.07) is 4.22. The van der Waals surface area contributed by atoms with Gasteiger partial charge in [0.2, 0.25) is 5.75 Å². The fourth-order valence-electron chi connectivity index (χ4n) is 4.66. The van der Waals surface area contributed by atoms with Crippen LogP contribution in [-0.4, -0.2) is 77.9 Å². The largest absolute Gasteiger partial charge is 0.484 e. The molecule has 34 heavy (non-hydrogen) atoms. The van der Waals surface area contributed by atoms with Gasteiger partial charge in [0, 0.05) is 38.6 Å². The number of methoxy groups -OCH3 is 1. The molecule has 1 saturated heterocycles. The fourth-order valence-corrected chi connectivity index (χ4v) is 4.66. The summed E-state index contributed by atoms with van der Waals surface area (Å²) in [6.45, 7) is 7.22. The van der Waals surface area contributed by atoms with Crippen LogP contribution in [0.3, 0.4) is 0 Å². The molecule has 2 aromatic heterocycles. The highest BCUT2D eigenvalue weighted by atomic mass is 19.1. The molecule has 0 saturated carbocycles. The SMILES string of the molecule is C=C(F)C(=O)N1CCN(c2nc(OC)nc3c2OCC(c2c(C)ccc4[nH]ncc24)N3C)CC1. The number of likely N-dealkylation sites (N-methyl/N-ethyl adjacent to an activating group) is 1. The number of fused-ring (bicyclic) bond motifs is 2. The fraction of sp³-hybridized carbons (Fsp3) is 0.391. The van der Waals surface area contributed by atoms with Crippen LogP contribution in [0.2, 0.25) is 0 Å². The molecule has 1 N–H and O–H groups in total. The topological polar surface area (TPSA) is 99.7 Å². The van der Waals surface area contributed by atoms with E-state index in [0.717, 1.165) is 22.0 Å². The van der Waals surface area contributed by atoms with Crippen LogP contribution in [0.15, 0.2) is 30.7 Å². The summed E-state index contributed by atoms with van der Waals surface area (Å²) >= 11 is 0. The molecule has 11 heteroatoms. The molecule has 0 radical (unpaired) electrons. The van der Waals surface area contributed by atoms with Crippen LogP contribution in [-0.2, 0) is 4.79 Å². The maximum Gasteiger partial charge on any atom is 0.320 e. The van der Waals surface area contributed by atoms with Crippen LogP contribution in [0.1, 0.15) is 17.2 Å². The number of anilines is 2. The number of hydrogen-bond acceptors (Lipinski definition) is 8. The van der Waals surface area contributed by atoms with Gasteiger partial charge in [-0.25, -0.2) is 4.39 Å². The van der Waals surface area contributed by atoms with E-state index in [9.17, 15) is 9.18 Å². The van der Waals surface area contributed by atoms with Gasteiger partial charge < -0.3 is 24.2 Å². The quantitative estimate of drug-likeness (QED) is 0.584. The van der Waals surface area contributed by atoms with Crippen molar-refractivity contribution in [3.8, 4) is 11.8 Å². The number of nitrogens with zero attached hydrogens (tertiary/aromatic N) is 6. The second-order valence-corrected chi connectivity index (χ2v) is 8.44. The lowest BCUT2D eigenvalue weighted by Crippen LogP contribution is -2.49. The number of amides is 1. The van der Waals surface area contributed by atoms with Gasteiger partial charge in [-0.2, -0.15) is 15.1 Å². The van der Waals surface area contributed by atoms with E-state index in [1.807, 2.05) is 24.2 Å². The highest BCUT2D eigenvalue weighted by molar-refractivity contribution is 5.90. The van der Waals surface area contributed by atoms with Crippen molar-refractivity contribution >= 4 is 28.4 Å². The first kappa shape index (κ1) is 21.9. The predicted molar refractivity (Wildman–Crippen MR) is 125 cm³/mol. The van der Waals surface area contributed by atoms with Crippen molar-refractivity contribution in [2.24, 2.45) is 0 Å². The number of piperazine rings is 1. The van der Waals surface area contributed by atoms with Crippen molar-refractivity contribution in [1.82, 2.24) is 25.1 Å². The van der Waals surface area contributed by atoms with E-state index in [1.54, 1.807) is 0 Å². The molecule has 0 spiro atoms. The van der Waals surface area contributed by atoms with Crippen molar-refractivity contribution in [1.29, 1.82) is 0 Å². The van der Waals surface area contributed by atoms with Gasteiger partial charge in [-0.05, 0) is 24.1 Å². The first-order valence-corrected chi connectivity index (χ1v) is 11.0. The Kier molecular flexibility index (Phi) is 5.46. The van der Waals surface area contributed by atoms with Crippen LogP contribution in [0.5, 0.6) is 11.8 Å². The Bertz CT molecular complexity index is 1270. The number of H-pyrrole nitrogens is 1. The van der Waals surface area contributed by atoms with Gasteiger partial charge in [0.15, 0.2) is 17.5 Å². The molecular formula is C23H26FN7O3.